The molecule has 0 bridgehead atoms. The number of thiophene rings is 1. The summed E-state index contributed by atoms with van der Waals surface area (Å²) >= 11 is 1.86. The highest BCUT2D eigenvalue weighted by Crippen LogP contribution is 2.28. The Morgan fingerprint density at radius 3 is 2.69 bits per heavy atom. The van der Waals surface area contributed by atoms with Gasteiger partial charge < -0.3 is 20.1 Å². The number of hydrogen-bond donors (Lipinski definition) is 2. The number of hydrogen-bond acceptors (Lipinski definition) is 5. The third-order valence-electron chi connectivity index (χ3n) is 4.14. The molecule has 1 aromatic heterocycles. The van der Waals surface area contributed by atoms with Gasteiger partial charge in [-0.1, -0.05) is 0 Å². The third-order valence-corrected chi connectivity index (χ3v) is 5.24. The summed E-state index contributed by atoms with van der Waals surface area (Å²) in [7, 11) is 1.72. The number of rotatable bonds is 8. The van der Waals surface area contributed by atoms with Gasteiger partial charge >= 0.3 is 0 Å². The Kier molecular flexibility index (Phi) is 11.7. The molecule has 8 heteroatoms. The van der Waals surface area contributed by atoms with E-state index in [1.807, 2.05) is 11.3 Å². The number of guanidine groups is 1. The molecule has 26 heavy (non-hydrogen) atoms. The molecule has 0 saturated carbocycles. The summed E-state index contributed by atoms with van der Waals surface area (Å²) in [6.45, 7) is 12.1. The maximum Gasteiger partial charge on any atom is 0.191 e. The van der Waals surface area contributed by atoms with Crippen molar-refractivity contribution in [3.05, 3.63) is 21.9 Å². The molecular weight excluding hydrogens is 463 g/mol. The molecule has 1 aromatic rings. The number of aryl methyl sites for hydroxylation is 1. The van der Waals surface area contributed by atoms with E-state index in [1.165, 1.54) is 9.75 Å². The van der Waals surface area contributed by atoms with Crippen LogP contribution in [0.1, 0.15) is 29.6 Å². The molecular formula is C18H33IN4O2S. The first-order valence-electron chi connectivity index (χ1n) is 9.06. The second-order valence-electron chi connectivity index (χ2n) is 6.33. The Hall–Kier alpha value is -0.420. The van der Waals surface area contributed by atoms with Crippen LogP contribution in [0.5, 0.6) is 0 Å². The summed E-state index contributed by atoms with van der Waals surface area (Å²) in [5, 5.41) is 6.74. The molecule has 0 radical (unpaired) electrons. The molecule has 0 aromatic carbocycles. The first-order chi connectivity index (χ1) is 12.1. The molecule has 6 nitrogen and oxygen atoms in total. The number of morpholine rings is 1. The van der Waals surface area contributed by atoms with Gasteiger partial charge in [-0.15, -0.1) is 35.3 Å². The summed E-state index contributed by atoms with van der Waals surface area (Å²) in [6, 6.07) is 4.95. The Morgan fingerprint density at radius 1 is 1.38 bits per heavy atom. The van der Waals surface area contributed by atoms with E-state index in [0.717, 1.165) is 45.4 Å². The normalized spacial score (nSPS) is 18.1. The highest BCUT2D eigenvalue weighted by molar-refractivity contribution is 14.0. The Labute approximate surface area is 178 Å². The smallest absolute Gasteiger partial charge is 0.191 e. The number of halogens is 1. The average Bonchev–Trinajstić information content (AvgIpc) is 3.02. The fourth-order valence-corrected chi connectivity index (χ4v) is 3.93. The number of nitrogens with one attached hydrogen (secondary N) is 2. The van der Waals surface area contributed by atoms with Crippen molar-refractivity contribution in [1.29, 1.82) is 0 Å². The molecule has 2 atom stereocenters. The van der Waals surface area contributed by atoms with Crippen LogP contribution in [0.15, 0.2) is 17.1 Å². The molecule has 2 unspecified atom stereocenters. The first-order valence-corrected chi connectivity index (χ1v) is 9.87. The van der Waals surface area contributed by atoms with Crippen LogP contribution in [0, 0.1) is 6.92 Å². The molecule has 2 heterocycles. The second-order valence-corrected chi connectivity index (χ2v) is 7.65. The first kappa shape index (κ1) is 23.6. The van der Waals surface area contributed by atoms with Crippen LogP contribution in [0.4, 0.5) is 0 Å². The predicted octanol–water partition coefficient (Wildman–Crippen LogP) is 2.64. The van der Waals surface area contributed by atoms with Gasteiger partial charge in [0, 0.05) is 42.5 Å². The lowest BCUT2D eigenvalue weighted by molar-refractivity contribution is 0.0186. The zero-order chi connectivity index (χ0) is 18.1. The Bertz CT molecular complexity index is 535. The van der Waals surface area contributed by atoms with Crippen LogP contribution in [0.25, 0.3) is 0 Å². The SMILES string of the molecule is CCNC(=NCC(c1ccc(C)s1)N1CCOCC1)NC(C)COC.I. The van der Waals surface area contributed by atoms with Gasteiger partial charge in [-0.3, -0.25) is 9.89 Å². The van der Waals surface area contributed by atoms with E-state index in [0.29, 0.717) is 12.6 Å². The third kappa shape index (κ3) is 7.67. The van der Waals surface area contributed by atoms with Crippen molar-refractivity contribution >= 4 is 41.3 Å². The summed E-state index contributed by atoms with van der Waals surface area (Å²) in [6.07, 6.45) is 0. The van der Waals surface area contributed by atoms with E-state index >= 15 is 0 Å². The molecule has 1 aliphatic rings. The van der Waals surface area contributed by atoms with Crippen LogP contribution in [-0.4, -0.2) is 70.0 Å². The number of methoxy groups -OCH3 is 1. The van der Waals surface area contributed by atoms with E-state index in [2.05, 4.69) is 48.4 Å². The minimum Gasteiger partial charge on any atom is -0.383 e. The minimum absolute atomic E-state index is 0. The molecule has 1 aliphatic heterocycles. The van der Waals surface area contributed by atoms with Crippen molar-refractivity contribution in [2.45, 2.75) is 32.9 Å². The molecule has 1 saturated heterocycles. The minimum atomic E-state index is 0. The van der Waals surface area contributed by atoms with E-state index in [1.54, 1.807) is 7.11 Å². The van der Waals surface area contributed by atoms with E-state index < -0.39 is 0 Å². The molecule has 150 valence electrons. The lowest BCUT2D eigenvalue weighted by Gasteiger charge is -2.33. The molecule has 2 N–H and O–H groups in total. The maximum atomic E-state index is 5.52. The predicted molar refractivity (Wildman–Crippen MR) is 120 cm³/mol. The summed E-state index contributed by atoms with van der Waals surface area (Å²) in [5.41, 5.74) is 0. The van der Waals surface area contributed by atoms with Crippen molar-refractivity contribution in [1.82, 2.24) is 15.5 Å². The molecule has 1 fully saturated rings. The van der Waals surface area contributed by atoms with Crippen molar-refractivity contribution in [2.24, 2.45) is 4.99 Å². The monoisotopic (exact) mass is 496 g/mol. The highest BCUT2D eigenvalue weighted by atomic mass is 127. The second kappa shape index (κ2) is 12.9. The zero-order valence-electron chi connectivity index (χ0n) is 16.3. The molecule has 0 aliphatic carbocycles. The summed E-state index contributed by atoms with van der Waals surface area (Å²) in [4.78, 5) is 10.1. The van der Waals surface area contributed by atoms with Gasteiger partial charge in [0.1, 0.15) is 0 Å². The van der Waals surface area contributed by atoms with Gasteiger partial charge in [0.15, 0.2) is 5.96 Å². The van der Waals surface area contributed by atoms with Crippen molar-refractivity contribution < 1.29 is 9.47 Å². The standard InChI is InChI=1S/C18H32N4O2S.HI/c1-5-19-18(21-14(2)13-23-4)20-12-16(17-7-6-15(3)25-17)22-8-10-24-11-9-22;/h6-7,14,16H,5,8-13H2,1-4H3,(H2,19,20,21);1H. The summed E-state index contributed by atoms with van der Waals surface area (Å²) < 4.78 is 10.7. The molecule has 2 rings (SSSR count). The summed E-state index contributed by atoms with van der Waals surface area (Å²) in [5.74, 6) is 0.846. The lowest BCUT2D eigenvalue weighted by Crippen LogP contribution is -2.45. The van der Waals surface area contributed by atoms with Gasteiger partial charge in [0.05, 0.1) is 32.4 Å². The number of nitrogens with zero attached hydrogens (tertiary/aromatic N) is 2. The fourth-order valence-electron chi connectivity index (χ4n) is 2.93. The van der Waals surface area contributed by atoms with Gasteiger partial charge in [0.2, 0.25) is 0 Å². The van der Waals surface area contributed by atoms with Crippen molar-refractivity contribution in [3.63, 3.8) is 0 Å². The lowest BCUT2D eigenvalue weighted by atomic mass is 10.2. The average molecular weight is 496 g/mol. The van der Waals surface area contributed by atoms with Gasteiger partial charge in [-0.05, 0) is 32.9 Å². The number of ether oxygens (including phenoxy) is 2. The van der Waals surface area contributed by atoms with Crippen LogP contribution >= 0.6 is 35.3 Å². The van der Waals surface area contributed by atoms with Crippen molar-refractivity contribution in [3.8, 4) is 0 Å². The van der Waals surface area contributed by atoms with Crippen LogP contribution in [-0.2, 0) is 9.47 Å². The highest BCUT2D eigenvalue weighted by Gasteiger charge is 2.24. The van der Waals surface area contributed by atoms with Crippen LogP contribution in [0.3, 0.4) is 0 Å². The van der Waals surface area contributed by atoms with Gasteiger partial charge in [0.25, 0.3) is 0 Å². The topological polar surface area (TPSA) is 58.1 Å². The van der Waals surface area contributed by atoms with Crippen LogP contribution in [0.2, 0.25) is 0 Å². The quantitative estimate of drug-likeness (QED) is 0.329. The van der Waals surface area contributed by atoms with E-state index in [4.69, 9.17) is 14.5 Å². The van der Waals surface area contributed by atoms with E-state index in [9.17, 15) is 0 Å². The Balaban J connectivity index is 0.00000338. The fraction of sp³-hybridized carbons (Fsp3) is 0.722. The largest absolute Gasteiger partial charge is 0.383 e. The molecule has 0 spiro atoms. The number of aliphatic imine (C=N–C) groups is 1. The van der Waals surface area contributed by atoms with Crippen molar-refractivity contribution in [2.75, 3.05) is 53.1 Å². The molecule has 0 amide bonds. The Morgan fingerprint density at radius 2 is 2.12 bits per heavy atom. The maximum absolute atomic E-state index is 5.52. The van der Waals surface area contributed by atoms with Crippen LogP contribution < -0.4 is 10.6 Å². The van der Waals surface area contributed by atoms with E-state index in [-0.39, 0.29) is 30.0 Å². The van der Waals surface area contributed by atoms with Gasteiger partial charge in [-0.25, -0.2) is 0 Å². The zero-order valence-corrected chi connectivity index (χ0v) is 19.4. The van der Waals surface area contributed by atoms with Gasteiger partial charge in [-0.2, -0.15) is 0 Å².